The van der Waals surface area contributed by atoms with Crippen LogP contribution in [0.2, 0.25) is 0 Å². The zero-order valence-corrected chi connectivity index (χ0v) is 17.3. The molecule has 2 aliphatic carbocycles. The molecule has 0 radical (unpaired) electrons. The molecule has 0 saturated heterocycles. The van der Waals surface area contributed by atoms with Crippen LogP contribution in [0.25, 0.3) is 0 Å². The molecule has 0 aliphatic heterocycles. The van der Waals surface area contributed by atoms with Crippen molar-refractivity contribution in [3.63, 3.8) is 0 Å². The van der Waals surface area contributed by atoms with Gasteiger partial charge in [0.2, 0.25) is 0 Å². The molecule has 0 atom stereocenters. The van der Waals surface area contributed by atoms with Crippen molar-refractivity contribution in [3.8, 4) is 0 Å². The molecule has 1 heterocycles. The number of benzene rings is 1. The van der Waals surface area contributed by atoms with Crippen LogP contribution >= 0.6 is 0 Å². The fourth-order valence-corrected chi connectivity index (χ4v) is 5.31. The summed E-state index contributed by atoms with van der Waals surface area (Å²) in [6.07, 6.45) is 6.01. The van der Waals surface area contributed by atoms with Crippen molar-refractivity contribution in [2.24, 2.45) is 7.05 Å². The number of anilines is 1. The maximum absolute atomic E-state index is 12.6. The van der Waals surface area contributed by atoms with E-state index in [1.807, 2.05) is 13.8 Å². The molecule has 2 aliphatic rings. The summed E-state index contributed by atoms with van der Waals surface area (Å²) in [7, 11) is -2.34. The number of nitrogens with zero attached hydrogens (tertiary/aromatic N) is 2. The second-order valence-corrected chi connectivity index (χ2v) is 9.61. The molecular formula is C20H26N4O3S. The van der Waals surface area contributed by atoms with Crippen molar-refractivity contribution in [2.45, 2.75) is 63.3 Å². The zero-order valence-electron chi connectivity index (χ0n) is 16.5. The Morgan fingerprint density at radius 1 is 1.07 bits per heavy atom. The number of carbonyl (C=O) groups is 1. The Morgan fingerprint density at radius 3 is 2.21 bits per heavy atom. The lowest BCUT2D eigenvalue weighted by Crippen LogP contribution is -2.35. The van der Waals surface area contributed by atoms with Crippen molar-refractivity contribution in [1.29, 1.82) is 0 Å². The molecule has 4 rings (SSSR count). The maximum Gasteiger partial charge on any atom is 0.333 e. The second kappa shape index (κ2) is 6.92. The van der Waals surface area contributed by atoms with Gasteiger partial charge in [-0.05, 0) is 66.7 Å². The lowest BCUT2D eigenvalue weighted by Gasteiger charge is -2.16. The number of aryl methyl sites for hydroxylation is 3. The van der Waals surface area contributed by atoms with Crippen LogP contribution in [0.15, 0.2) is 17.2 Å². The minimum absolute atomic E-state index is 0.129. The minimum atomic E-state index is -4.04. The molecule has 2 amide bonds. The first-order chi connectivity index (χ1) is 13.3. The van der Waals surface area contributed by atoms with E-state index in [0.29, 0.717) is 0 Å². The molecule has 7 nitrogen and oxygen atoms in total. The predicted molar refractivity (Wildman–Crippen MR) is 107 cm³/mol. The molecule has 8 heteroatoms. The van der Waals surface area contributed by atoms with E-state index in [4.69, 9.17) is 0 Å². The molecule has 1 aromatic heterocycles. The van der Waals surface area contributed by atoms with Crippen molar-refractivity contribution in [1.82, 2.24) is 14.5 Å². The fourth-order valence-electron chi connectivity index (χ4n) is 4.41. The summed E-state index contributed by atoms with van der Waals surface area (Å²) in [6.45, 7) is 3.92. The van der Waals surface area contributed by atoms with Crippen molar-refractivity contribution in [2.75, 3.05) is 5.32 Å². The molecular weight excluding hydrogens is 376 g/mol. The highest BCUT2D eigenvalue weighted by Gasteiger charge is 2.27. The number of aromatic nitrogens is 2. The number of fused-ring (bicyclic) bond motifs is 2. The average Bonchev–Trinajstić information content (AvgIpc) is 3.32. The summed E-state index contributed by atoms with van der Waals surface area (Å²) in [4.78, 5) is 12.6. The monoisotopic (exact) mass is 402 g/mol. The van der Waals surface area contributed by atoms with Crippen LogP contribution in [-0.4, -0.2) is 24.2 Å². The molecule has 0 unspecified atom stereocenters. The highest BCUT2D eigenvalue weighted by molar-refractivity contribution is 7.90. The number of hydrogen-bond acceptors (Lipinski definition) is 4. The molecule has 150 valence electrons. The van der Waals surface area contributed by atoms with Crippen LogP contribution in [0.5, 0.6) is 0 Å². The second-order valence-electron chi connectivity index (χ2n) is 7.98. The number of urea groups is 1. The molecule has 1 aromatic carbocycles. The first-order valence-corrected chi connectivity index (χ1v) is 11.3. The van der Waals surface area contributed by atoms with Gasteiger partial charge in [-0.3, -0.25) is 4.68 Å². The first kappa shape index (κ1) is 19.0. The zero-order chi connectivity index (χ0) is 20.1. The number of nitrogens with one attached hydrogen (secondary N) is 2. The third-order valence-electron chi connectivity index (χ3n) is 5.70. The topological polar surface area (TPSA) is 93.1 Å². The van der Waals surface area contributed by atoms with E-state index in [1.165, 1.54) is 21.9 Å². The van der Waals surface area contributed by atoms with Gasteiger partial charge in [-0.2, -0.15) is 13.5 Å². The molecule has 0 fully saturated rings. The van der Waals surface area contributed by atoms with Crippen LogP contribution in [0, 0.1) is 0 Å². The van der Waals surface area contributed by atoms with Gasteiger partial charge in [0.05, 0.1) is 0 Å². The van der Waals surface area contributed by atoms with E-state index in [2.05, 4.69) is 21.2 Å². The molecule has 2 N–H and O–H groups in total. The van der Waals surface area contributed by atoms with E-state index < -0.39 is 16.1 Å². The summed E-state index contributed by atoms with van der Waals surface area (Å²) in [5.41, 5.74) is 6.50. The molecule has 0 spiro atoms. The van der Waals surface area contributed by atoms with Gasteiger partial charge in [0.25, 0.3) is 10.0 Å². The summed E-state index contributed by atoms with van der Waals surface area (Å²) in [5.74, 6) is 0.129. The minimum Gasteiger partial charge on any atom is -0.307 e. The maximum atomic E-state index is 12.6. The molecule has 2 aromatic rings. The normalized spacial score (nSPS) is 15.6. The van der Waals surface area contributed by atoms with Crippen molar-refractivity contribution >= 4 is 21.7 Å². The van der Waals surface area contributed by atoms with Gasteiger partial charge in [0.1, 0.15) is 0 Å². The number of sulfonamides is 1. The van der Waals surface area contributed by atoms with Crippen molar-refractivity contribution < 1.29 is 13.2 Å². The van der Waals surface area contributed by atoms with Gasteiger partial charge in [-0.15, -0.1) is 0 Å². The first-order valence-electron chi connectivity index (χ1n) is 9.80. The Kier molecular flexibility index (Phi) is 4.69. The Labute approximate surface area is 165 Å². The van der Waals surface area contributed by atoms with Gasteiger partial charge < -0.3 is 5.32 Å². The Balaban J connectivity index is 1.58. The van der Waals surface area contributed by atoms with E-state index in [9.17, 15) is 13.2 Å². The van der Waals surface area contributed by atoms with Gasteiger partial charge in [0.15, 0.2) is 5.03 Å². The Hall–Kier alpha value is -2.35. The number of carbonyl (C=O) groups excluding carboxylic acids is 1. The largest absolute Gasteiger partial charge is 0.333 e. The Morgan fingerprint density at radius 2 is 1.68 bits per heavy atom. The average molecular weight is 403 g/mol. The lowest BCUT2D eigenvalue weighted by atomic mass is 9.99. The summed E-state index contributed by atoms with van der Waals surface area (Å²) < 4.78 is 28.9. The lowest BCUT2D eigenvalue weighted by molar-refractivity contribution is 0.256. The fraction of sp³-hybridized carbons (Fsp3) is 0.500. The van der Waals surface area contributed by atoms with E-state index in [1.54, 1.807) is 7.05 Å². The van der Waals surface area contributed by atoms with Crippen molar-refractivity contribution in [3.05, 3.63) is 40.1 Å². The SMILES string of the molecule is CC(C)c1cc(S(=O)(=O)NC(=O)Nc2c3c(cc4c2CCC4)CCC3)nn1C. The molecule has 0 saturated carbocycles. The standard InChI is InChI=1S/C20H26N4O3S/c1-12(2)17-11-18(22-24(17)3)28(26,27)23-20(25)21-19-15-8-4-6-13(15)10-14-7-5-9-16(14)19/h10-12H,4-9H2,1-3H3,(H2,21,23,25). The summed E-state index contributed by atoms with van der Waals surface area (Å²) in [6, 6.07) is 3.05. The Bertz CT molecular complexity index is 1020. The quantitative estimate of drug-likeness (QED) is 0.822. The molecule has 28 heavy (non-hydrogen) atoms. The predicted octanol–water partition coefficient (Wildman–Crippen LogP) is 3.03. The highest BCUT2D eigenvalue weighted by Crippen LogP contribution is 2.38. The van der Waals surface area contributed by atoms with E-state index >= 15 is 0 Å². The number of hydrogen-bond donors (Lipinski definition) is 2. The smallest absolute Gasteiger partial charge is 0.307 e. The van der Waals surface area contributed by atoms with Crippen LogP contribution in [0.4, 0.5) is 10.5 Å². The third kappa shape index (κ3) is 3.30. The van der Waals surface area contributed by atoms with Crippen LogP contribution < -0.4 is 10.0 Å². The summed E-state index contributed by atoms with van der Waals surface area (Å²) in [5, 5.41) is 6.77. The summed E-state index contributed by atoms with van der Waals surface area (Å²) >= 11 is 0. The van der Waals surface area contributed by atoms with Gasteiger partial charge in [-0.1, -0.05) is 19.9 Å². The number of amides is 2. The molecule has 0 bridgehead atoms. The van der Waals surface area contributed by atoms with Crippen LogP contribution in [0.3, 0.4) is 0 Å². The number of rotatable bonds is 4. The van der Waals surface area contributed by atoms with E-state index in [0.717, 1.165) is 61.0 Å². The van der Waals surface area contributed by atoms with Gasteiger partial charge in [-0.25, -0.2) is 9.52 Å². The van der Waals surface area contributed by atoms with Crippen LogP contribution in [0.1, 0.15) is 60.6 Å². The van der Waals surface area contributed by atoms with Crippen LogP contribution in [-0.2, 0) is 42.8 Å². The highest BCUT2D eigenvalue weighted by atomic mass is 32.2. The van der Waals surface area contributed by atoms with Gasteiger partial charge >= 0.3 is 6.03 Å². The third-order valence-corrected chi connectivity index (χ3v) is 6.90. The van der Waals surface area contributed by atoms with E-state index in [-0.39, 0.29) is 10.9 Å². The van der Waals surface area contributed by atoms with Gasteiger partial charge in [0, 0.05) is 24.5 Å².